The Morgan fingerprint density at radius 3 is 3.19 bits per heavy atom. The molecule has 0 aliphatic heterocycles. The van der Waals surface area contributed by atoms with Crippen LogP contribution in [-0.4, -0.2) is 19.7 Å². The van der Waals surface area contributed by atoms with Crippen LogP contribution in [0.1, 0.15) is 29.7 Å². The SMILES string of the molecule is C[C@@H]1CCc2c(sc3ncn(Cc4nc(-c5ccsc5)no4)c(=O)c23)C1. The molecule has 0 radical (unpaired) electrons. The number of hydrogen-bond donors (Lipinski definition) is 0. The van der Waals surface area contributed by atoms with Crippen molar-refractivity contribution in [3.05, 3.63) is 49.8 Å². The molecule has 4 heterocycles. The van der Waals surface area contributed by atoms with Gasteiger partial charge in [0.2, 0.25) is 11.7 Å². The van der Waals surface area contributed by atoms with Gasteiger partial charge in [-0.3, -0.25) is 9.36 Å². The molecule has 132 valence electrons. The number of aromatic nitrogens is 4. The van der Waals surface area contributed by atoms with E-state index in [4.69, 9.17) is 4.52 Å². The molecule has 0 saturated carbocycles. The highest BCUT2D eigenvalue weighted by molar-refractivity contribution is 7.18. The molecule has 0 unspecified atom stereocenters. The number of thiophene rings is 2. The van der Waals surface area contributed by atoms with Crippen molar-refractivity contribution in [3.8, 4) is 11.4 Å². The van der Waals surface area contributed by atoms with Gasteiger partial charge in [-0.25, -0.2) is 4.98 Å². The molecule has 1 atom stereocenters. The summed E-state index contributed by atoms with van der Waals surface area (Å²) in [4.78, 5) is 24.1. The molecule has 5 rings (SSSR count). The molecule has 0 saturated heterocycles. The molecule has 0 N–H and O–H groups in total. The summed E-state index contributed by atoms with van der Waals surface area (Å²) in [5.74, 6) is 1.63. The van der Waals surface area contributed by atoms with E-state index in [-0.39, 0.29) is 12.1 Å². The summed E-state index contributed by atoms with van der Waals surface area (Å²) in [6.45, 7) is 2.50. The van der Waals surface area contributed by atoms with Crippen LogP contribution in [0.15, 0.2) is 32.5 Å². The molecule has 0 aromatic carbocycles. The molecule has 0 amide bonds. The third-order valence-corrected chi connectivity index (χ3v) is 6.68. The molecule has 4 aromatic rings. The summed E-state index contributed by atoms with van der Waals surface area (Å²) >= 11 is 3.24. The fourth-order valence-electron chi connectivity index (χ4n) is 3.45. The van der Waals surface area contributed by atoms with E-state index >= 15 is 0 Å². The molecule has 0 spiro atoms. The topological polar surface area (TPSA) is 73.8 Å². The molecule has 0 fully saturated rings. The van der Waals surface area contributed by atoms with Gasteiger partial charge in [-0.05, 0) is 42.2 Å². The van der Waals surface area contributed by atoms with E-state index in [1.165, 1.54) is 10.4 Å². The molecule has 1 aliphatic rings. The van der Waals surface area contributed by atoms with Gasteiger partial charge in [0, 0.05) is 15.8 Å². The van der Waals surface area contributed by atoms with Gasteiger partial charge in [-0.15, -0.1) is 11.3 Å². The Labute approximate surface area is 157 Å². The molecular formula is C18H16N4O2S2. The maximum Gasteiger partial charge on any atom is 0.262 e. The maximum atomic E-state index is 13.0. The predicted octanol–water partition coefficient (Wildman–Crippen LogP) is 3.74. The summed E-state index contributed by atoms with van der Waals surface area (Å²) in [5, 5.41) is 8.71. The lowest BCUT2D eigenvalue weighted by Crippen LogP contribution is -2.22. The van der Waals surface area contributed by atoms with Gasteiger partial charge in [0.15, 0.2) is 0 Å². The molecule has 6 nitrogen and oxygen atoms in total. The lowest BCUT2D eigenvalue weighted by molar-refractivity contribution is 0.369. The lowest BCUT2D eigenvalue weighted by atomic mass is 9.89. The molecule has 1 aliphatic carbocycles. The van der Waals surface area contributed by atoms with E-state index in [0.717, 1.165) is 35.0 Å². The number of rotatable bonds is 3. The first-order valence-electron chi connectivity index (χ1n) is 8.54. The van der Waals surface area contributed by atoms with Crippen molar-refractivity contribution in [1.82, 2.24) is 19.7 Å². The third kappa shape index (κ3) is 2.60. The van der Waals surface area contributed by atoms with Gasteiger partial charge in [0.25, 0.3) is 5.56 Å². The van der Waals surface area contributed by atoms with Crippen LogP contribution in [0.2, 0.25) is 0 Å². The predicted molar refractivity (Wildman–Crippen MR) is 102 cm³/mol. The Kier molecular flexibility index (Phi) is 3.75. The van der Waals surface area contributed by atoms with E-state index < -0.39 is 0 Å². The van der Waals surface area contributed by atoms with Crippen LogP contribution < -0.4 is 5.56 Å². The zero-order valence-corrected chi connectivity index (χ0v) is 15.8. The van der Waals surface area contributed by atoms with Crippen LogP contribution in [0.25, 0.3) is 21.6 Å². The Morgan fingerprint density at radius 2 is 2.35 bits per heavy atom. The normalized spacial score (nSPS) is 16.9. The fraction of sp³-hybridized carbons (Fsp3) is 0.333. The van der Waals surface area contributed by atoms with E-state index in [0.29, 0.717) is 17.6 Å². The van der Waals surface area contributed by atoms with Crippen molar-refractivity contribution >= 4 is 32.9 Å². The van der Waals surface area contributed by atoms with Gasteiger partial charge >= 0.3 is 0 Å². The van der Waals surface area contributed by atoms with Crippen LogP contribution in [0, 0.1) is 5.92 Å². The Morgan fingerprint density at radius 1 is 1.42 bits per heavy atom. The summed E-state index contributed by atoms with van der Waals surface area (Å²) in [7, 11) is 0. The molecule has 4 aromatic heterocycles. The van der Waals surface area contributed by atoms with Gasteiger partial charge < -0.3 is 4.52 Å². The molecule has 0 bridgehead atoms. The standard InChI is InChI=1S/C18H16N4O2S2/c1-10-2-3-12-13(6-10)26-17-15(12)18(23)22(9-19-17)7-14-20-16(21-24-14)11-4-5-25-8-11/h4-5,8-10H,2-3,6-7H2,1H3/t10-/m1/s1. The van der Waals surface area contributed by atoms with Crippen LogP contribution in [0.5, 0.6) is 0 Å². The van der Waals surface area contributed by atoms with Crippen LogP contribution in [-0.2, 0) is 19.4 Å². The number of fused-ring (bicyclic) bond motifs is 3. The molecular weight excluding hydrogens is 368 g/mol. The average molecular weight is 384 g/mol. The van der Waals surface area contributed by atoms with Gasteiger partial charge in [-0.2, -0.15) is 16.3 Å². The average Bonchev–Trinajstić information content (AvgIpc) is 3.35. The van der Waals surface area contributed by atoms with E-state index in [9.17, 15) is 4.79 Å². The number of hydrogen-bond acceptors (Lipinski definition) is 7. The Hall–Kier alpha value is -2.32. The zero-order valence-electron chi connectivity index (χ0n) is 14.1. The van der Waals surface area contributed by atoms with Gasteiger partial charge in [-0.1, -0.05) is 12.1 Å². The minimum atomic E-state index is -0.0164. The Bertz CT molecular complexity index is 1140. The van der Waals surface area contributed by atoms with Crippen LogP contribution in [0.3, 0.4) is 0 Å². The summed E-state index contributed by atoms with van der Waals surface area (Å²) in [6.07, 6.45) is 4.72. The lowest BCUT2D eigenvalue weighted by Gasteiger charge is -2.17. The number of nitrogens with zero attached hydrogens (tertiary/aromatic N) is 4. The van der Waals surface area contributed by atoms with Crippen LogP contribution >= 0.6 is 22.7 Å². The van der Waals surface area contributed by atoms with Crippen molar-refractivity contribution in [2.24, 2.45) is 5.92 Å². The second-order valence-electron chi connectivity index (χ2n) is 6.73. The quantitative estimate of drug-likeness (QED) is 0.538. The van der Waals surface area contributed by atoms with Crippen molar-refractivity contribution < 1.29 is 4.52 Å². The van der Waals surface area contributed by atoms with Gasteiger partial charge in [0.05, 0.1) is 11.7 Å². The minimum Gasteiger partial charge on any atom is -0.337 e. The highest BCUT2D eigenvalue weighted by atomic mass is 32.1. The van der Waals surface area contributed by atoms with Crippen molar-refractivity contribution in [2.45, 2.75) is 32.7 Å². The molecule has 26 heavy (non-hydrogen) atoms. The molecule has 8 heteroatoms. The first-order chi connectivity index (χ1) is 12.7. The van der Waals surface area contributed by atoms with Gasteiger partial charge in [0.1, 0.15) is 11.4 Å². The smallest absolute Gasteiger partial charge is 0.262 e. The largest absolute Gasteiger partial charge is 0.337 e. The van der Waals surface area contributed by atoms with E-state index in [2.05, 4.69) is 22.0 Å². The third-order valence-electron chi connectivity index (χ3n) is 4.84. The van der Waals surface area contributed by atoms with E-state index in [1.54, 1.807) is 33.6 Å². The highest BCUT2D eigenvalue weighted by Gasteiger charge is 2.23. The van der Waals surface area contributed by atoms with Crippen LogP contribution in [0.4, 0.5) is 0 Å². The summed E-state index contributed by atoms with van der Waals surface area (Å²) < 4.78 is 6.89. The first kappa shape index (κ1) is 15.9. The fourth-order valence-corrected chi connectivity index (χ4v) is 5.43. The minimum absolute atomic E-state index is 0.0164. The van der Waals surface area contributed by atoms with Crippen molar-refractivity contribution in [1.29, 1.82) is 0 Å². The monoisotopic (exact) mass is 384 g/mol. The number of aryl methyl sites for hydroxylation is 1. The van der Waals surface area contributed by atoms with E-state index in [1.807, 2.05) is 16.8 Å². The Balaban J connectivity index is 1.52. The second kappa shape index (κ2) is 6.14. The highest BCUT2D eigenvalue weighted by Crippen LogP contribution is 2.35. The summed E-state index contributed by atoms with van der Waals surface area (Å²) in [6, 6.07) is 1.94. The first-order valence-corrected chi connectivity index (χ1v) is 10.3. The van der Waals surface area contributed by atoms with Crippen molar-refractivity contribution in [3.63, 3.8) is 0 Å². The zero-order chi connectivity index (χ0) is 17.7. The second-order valence-corrected chi connectivity index (χ2v) is 8.60. The summed E-state index contributed by atoms with van der Waals surface area (Å²) in [5.41, 5.74) is 2.10. The maximum absolute atomic E-state index is 13.0. The van der Waals surface area contributed by atoms with Crippen molar-refractivity contribution in [2.75, 3.05) is 0 Å².